The van der Waals surface area contributed by atoms with Gasteiger partial charge in [0, 0.05) is 30.6 Å². The minimum absolute atomic E-state index is 0.100. The first kappa shape index (κ1) is 18.2. The third-order valence-corrected chi connectivity index (χ3v) is 4.60. The molecule has 3 aromatic rings. The molecule has 7 heteroatoms. The Morgan fingerprint density at radius 1 is 1.21 bits per heavy atom. The number of carbonyl (C=O) groups excluding carboxylic acids is 1. The Hall–Kier alpha value is -3.22. The second-order valence-electron chi connectivity index (χ2n) is 7.03. The van der Waals surface area contributed by atoms with Gasteiger partial charge in [-0.05, 0) is 42.0 Å². The largest absolute Gasteiger partial charge is 0.477 e. The first-order valence-corrected chi connectivity index (χ1v) is 9.30. The van der Waals surface area contributed by atoms with E-state index in [9.17, 15) is 9.18 Å². The summed E-state index contributed by atoms with van der Waals surface area (Å²) in [5, 5.41) is 7.53. The van der Waals surface area contributed by atoms with Crippen LogP contribution < -0.4 is 10.1 Å². The van der Waals surface area contributed by atoms with Gasteiger partial charge in [-0.15, -0.1) is 0 Å². The number of ether oxygens (including phenoxy) is 1. The highest BCUT2D eigenvalue weighted by atomic mass is 19.1. The zero-order valence-corrected chi connectivity index (χ0v) is 15.8. The van der Waals surface area contributed by atoms with E-state index >= 15 is 0 Å². The van der Waals surface area contributed by atoms with Crippen molar-refractivity contribution in [3.8, 4) is 28.3 Å². The number of hydrogen-bond acceptors (Lipinski definition) is 4. The topological polar surface area (TPSA) is 69.0 Å². The number of aromatic nitrogens is 3. The Morgan fingerprint density at radius 3 is 2.75 bits per heavy atom. The lowest BCUT2D eigenvalue weighted by Gasteiger charge is -2.16. The molecule has 0 fully saturated rings. The SMILES string of the molecule is CC(C)C(=O)Nc1cc(-c2c(-c3ccc(F)cc3)nn3c2OCCC3)ccn1. The number of carbonyl (C=O) groups is 1. The summed E-state index contributed by atoms with van der Waals surface area (Å²) in [6.07, 6.45) is 2.52. The van der Waals surface area contributed by atoms with Crippen LogP contribution in [0, 0.1) is 11.7 Å². The minimum Gasteiger partial charge on any atom is -0.477 e. The van der Waals surface area contributed by atoms with Crippen molar-refractivity contribution in [1.29, 1.82) is 0 Å². The lowest BCUT2D eigenvalue weighted by Crippen LogP contribution is -2.18. The Labute approximate surface area is 162 Å². The van der Waals surface area contributed by atoms with E-state index < -0.39 is 0 Å². The third kappa shape index (κ3) is 3.47. The second-order valence-corrected chi connectivity index (χ2v) is 7.03. The molecule has 0 spiro atoms. The number of rotatable bonds is 4. The molecule has 1 aromatic carbocycles. The second kappa shape index (κ2) is 7.42. The van der Waals surface area contributed by atoms with Crippen molar-refractivity contribution < 1.29 is 13.9 Å². The Balaban J connectivity index is 1.81. The zero-order valence-electron chi connectivity index (χ0n) is 15.8. The van der Waals surface area contributed by atoms with E-state index in [0.29, 0.717) is 24.0 Å². The number of fused-ring (bicyclic) bond motifs is 1. The number of nitrogens with zero attached hydrogens (tertiary/aromatic N) is 3. The molecule has 144 valence electrons. The van der Waals surface area contributed by atoms with Gasteiger partial charge in [0.25, 0.3) is 0 Å². The Bertz CT molecular complexity index is 1010. The Morgan fingerprint density at radius 2 is 2.00 bits per heavy atom. The number of anilines is 1. The number of pyridine rings is 1. The van der Waals surface area contributed by atoms with Crippen LogP contribution in [-0.2, 0) is 11.3 Å². The first-order chi connectivity index (χ1) is 13.5. The molecule has 1 N–H and O–H groups in total. The van der Waals surface area contributed by atoms with Gasteiger partial charge < -0.3 is 10.1 Å². The van der Waals surface area contributed by atoms with Crippen molar-refractivity contribution in [1.82, 2.24) is 14.8 Å². The summed E-state index contributed by atoms with van der Waals surface area (Å²) in [5.41, 5.74) is 3.15. The fourth-order valence-corrected chi connectivity index (χ4v) is 3.12. The van der Waals surface area contributed by atoms with Gasteiger partial charge in [0.15, 0.2) is 0 Å². The number of nitrogens with one attached hydrogen (secondary N) is 1. The summed E-state index contributed by atoms with van der Waals surface area (Å²) >= 11 is 0. The van der Waals surface area contributed by atoms with Crippen molar-refractivity contribution in [3.05, 3.63) is 48.4 Å². The van der Waals surface area contributed by atoms with Crippen LogP contribution in [0.4, 0.5) is 10.2 Å². The maximum absolute atomic E-state index is 13.4. The summed E-state index contributed by atoms with van der Waals surface area (Å²) in [6.45, 7) is 5.02. The van der Waals surface area contributed by atoms with Gasteiger partial charge in [0.2, 0.25) is 11.8 Å². The molecule has 6 nitrogen and oxygen atoms in total. The predicted octanol–water partition coefficient (Wildman–Crippen LogP) is 4.13. The standard InChI is InChI=1S/C21H21FN4O2/c1-13(2)20(27)24-17-12-15(8-9-23-17)18-19(14-4-6-16(22)7-5-14)25-26-10-3-11-28-21(18)26/h4-9,12-13H,3,10-11H2,1-2H3,(H,23,24,27). The maximum atomic E-state index is 13.4. The molecular weight excluding hydrogens is 359 g/mol. The minimum atomic E-state index is -0.298. The molecule has 1 aliphatic heterocycles. The lowest BCUT2D eigenvalue weighted by atomic mass is 10.0. The van der Waals surface area contributed by atoms with Crippen molar-refractivity contribution >= 4 is 11.7 Å². The van der Waals surface area contributed by atoms with E-state index in [0.717, 1.165) is 29.7 Å². The van der Waals surface area contributed by atoms with Crippen LogP contribution >= 0.6 is 0 Å². The van der Waals surface area contributed by atoms with E-state index in [1.807, 2.05) is 30.7 Å². The number of halogens is 1. The monoisotopic (exact) mass is 380 g/mol. The number of amides is 1. The van der Waals surface area contributed by atoms with Crippen LogP contribution in [0.1, 0.15) is 20.3 Å². The molecule has 0 aliphatic carbocycles. The van der Waals surface area contributed by atoms with Crippen molar-refractivity contribution in [2.75, 3.05) is 11.9 Å². The van der Waals surface area contributed by atoms with E-state index in [1.54, 1.807) is 18.3 Å². The van der Waals surface area contributed by atoms with E-state index in [-0.39, 0.29) is 17.6 Å². The van der Waals surface area contributed by atoms with Gasteiger partial charge in [0.05, 0.1) is 12.2 Å². The average Bonchev–Trinajstić information content (AvgIpc) is 3.08. The van der Waals surface area contributed by atoms with Crippen molar-refractivity contribution in [2.24, 2.45) is 5.92 Å². The fourth-order valence-electron chi connectivity index (χ4n) is 3.12. The van der Waals surface area contributed by atoms with E-state index in [2.05, 4.69) is 10.3 Å². The highest BCUT2D eigenvalue weighted by molar-refractivity contribution is 5.92. The smallest absolute Gasteiger partial charge is 0.228 e. The molecule has 0 atom stereocenters. The highest BCUT2D eigenvalue weighted by Gasteiger charge is 2.24. The average molecular weight is 380 g/mol. The van der Waals surface area contributed by atoms with E-state index in [1.165, 1.54) is 12.1 Å². The molecule has 0 radical (unpaired) electrons. The number of hydrogen-bond donors (Lipinski definition) is 1. The third-order valence-electron chi connectivity index (χ3n) is 4.60. The normalized spacial score (nSPS) is 13.1. The molecule has 0 unspecified atom stereocenters. The molecule has 1 amide bonds. The number of aryl methyl sites for hydroxylation is 1. The molecule has 0 saturated carbocycles. The Kier molecular flexibility index (Phi) is 4.81. The summed E-state index contributed by atoms with van der Waals surface area (Å²) in [5.74, 6) is 0.604. The maximum Gasteiger partial charge on any atom is 0.228 e. The van der Waals surface area contributed by atoms with Gasteiger partial charge in [-0.1, -0.05) is 13.8 Å². The van der Waals surface area contributed by atoms with Crippen LogP contribution in [0.3, 0.4) is 0 Å². The summed E-state index contributed by atoms with van der Waals surface area (Å²) in [4.78, 5) is 16.3. The molecule has 3 heterocycles. The molecule has 2 aromatic heterocycles. The van der Waals surface area contributed by atoms with Gasteiger partial charge in [-0.2, -0.15) is 5.10 Å². The molecular formula is C21H21FN4O2. The van der Waals surface area contributed by atoms with Crippen LogP contribution in [0.15, 0.2) is 42.6 Å². The van der Waals surface area contributed by atoms with E-state index in [4.69, 9.17) is 9.84 Å². The van der Waals surface area contributed by atoms with Crippen LogP contribution in [0.25, 0.3) is 22.4 Å². The predicted molar refractivity (Wildman–Crippen MR) is 104 cm³/mol. The van der Waals surface area contributed by atoms with Crippen LogP contribution in [0.2, 0.25) is 0 Å². The summed E-state index contributed by atoms with van der Waals surface area (Å²) < 4.78 is 21.1. The quantitative estimate of drug-likeness (QED) is 0.739. The van der Waals surface area contributed by atoms with Gasteiger partial charge in [-0.3, -0.25) is 4.79 Å². The summed E-state index contributed by atoms with van der Waals surface area (Å²) in [6, 6.07) is 9.90. The van der Waals surface area contributed by atoms with Crippen LogP contribution in [0.5, 0.6) is 5.88 Å². The van der Waals surface area contributed by atoms with Crippen molar-refractivity contribution in [2.45, 2.75) is 26.8 Å². The number of benzene rings is 1. The molecule has 0 bridgehead atoms. The van der Waals surface area contributed by atoms with Crippen molar-refractivity contribution in [3.63, 3.8) is 0 Å². The van der Waals surface area contributed by atoms with Gasteiger partial charge in [0.1, 0.15) is 17.3 Å². The molecule has 1 aliphatic rings. The van der Waals surface area contributed by atoms with Crippen LogP contribution in [-0.4, -0.2) is 27.3 Å². The fraction of sp³-hybridized carbons (Fsp3) is 0.286. The lowest BCUT2D eigenvalue weighted by molar-refractivity contribution is -0.118. The highest BCUT2D eigenvalue weighted by Crippen LogP contribution is 2.41. The first-order valence-electron chi connectivity index (χ1n) is 9.30. The van der Waals surface area contributed by atoms with Gasteiger partial charge in [-0.25, -0.2) is 14.1 Å². The summed E-state index contributed by atoms with van der Waals surface area (Å²) in [7, 11) is 0. The zero-order chi connectivity index (χ0) is 19.7. The molecule has 0 saturated heterocycles. The molecule has 4 rings (SSSR count). The van der Waals surface area contributed by atoms with Gasteiger partial charge >= 0.3 is 0 Å². The molecule has 28 heavy (non-hydrogen) atoms.